The molecule has 2 heteroatoms. The molecular weight excluding hydrogens is 184 g/mol. The molecule has 0 saturated heterocycles. The highest BCUT2D eigenvalue weighted by molar-refractivity contribution is 5.57. The van der Waals surface area contributed by atoms with Crippen LogP contribution in [0.5, 0.6) is 0 Å². The summed E-state index contributed by atoms with van der Waals surface area (Å²) in [5, 5.41) is 3.59. The van der Waals surface area contributed by atoms with Gasteiger partial charge in [0, 0.05) is 16.9 Å². The van der Waals surface area contributed by atoms with Crippen LogP contribution in [0.25, 0.3) is 0 Å². The summed E-state index contributed by atoms with van der Waals surface area (Å²) in [6.45, 7) is 6.59. The number of rotatable bonds is 3. The van der Waals surface area contributed by atoms with Crippen LogP contribution in [-0.4, -0.2) is 5.54 Å². The maximum Gasteiger partial charge on any atom is 0.0348 e. The summed E-state index contributed by atoms with van der Waals surface area (Å²) in [6.07, 6.45) is 2.71. The van der Waals surface area contributed by atoms with Gasteiger partial charge in [-0.05, 0) is 63.3 Å². The summed E-state index contributed by atoms with van der Waals surface area (Å²) in [7, 11) is 0. The van der Waals surface area contributed by atoms with Gasteiger partial charge in [0.15, 0.2) is 0 Å². The predicted octanol–water partition coefficient (Wildman–Crippen LogP) is 3.18. The summed E-state index contributed by atoms with van der Waals surface area (Å²) in [4.78, 5) is 0. The van der Waals surface area contributed by atoms with E-state index in [1.807, 2.05) is 13.0 Å². The molecular formula is C13H20N2. The van der Waals surface area contributed by atoms with Crippen LogP contribution in [0.1, 0.15) is 32.3 Å². The first-order valence-corrected chi connectivity index (χ1v) is 5.63. The summed E-state index contributed by atoms with van der Waals surface area (Å²) < 4.78 is 0. The molecule has 0 spiro atoms. The first-order chi connectivity index (χ1) is 6.99. The third-order valence-corrected chi connectivity index (χ3v) is 3.33. The van der Waals surface area contributed by atoms with Gasteiger partial charge in [0.2, 0.25) is 0 Å². The fraction of sp³-hybridized carbons (Fsp3) is 0.538. The molecule has 0 radical (unpaired) electrons. The van der Waals surface area contributed by atoms with Crippen molar-refractivity contribution in [1.82, 2.24) is 0 Å². The van der Waals surface area contributed by atoms with Crippen LogP contribution < -0.4 is 11.1 Å². The monoisotopic (exact) mass is 204 g/mol. The van der Waals surface area contributed by atoms with Gasteiger partial charge in [-0.1, -0.05) is 0 Å². The van der Waals surface area contributed by atoms with E-state index < -0.39 is 0 Å². The van der Waals surface area contributed by atoms with E-state index in [1.165, 1.54) is 18.5 Å². The smallest absolute Gasteiger partial charge is 0.0348 e. The Labute approximate surface area is 91.9 Å². The van der Waals surface area contributed by atoms with E-state index in [4.69, 9.17) is 5.73 Å². The summed E-state index contributed by atoms with van der Waals surface area (Å²) >= 11 is 0. The molecule has 0 amide bonds. The Balaban J connectivity index is 2.13. The molecule has 1 fully saturated rings. The van der Waals surface area contributed by atoms with Crippen molar-refractivity contribution in [3.63, 3.8) is 0 Å². The molecule has 0 atom stereocenters. The van der Waals surface area contributed by atoms with E-state index >= 15 is 0 Å². The number of nitrogens with one attached hydrogen (secondary N) is 1. The average molecular weight is 204 g/mol. The molecule has 1 aliphatic rings. The van der Waals surface area contributed by atoms with Gasteiger partial charge >= 0.3 is 0 Å². The maximum atomic E-state index is 5.80. The van der Waals surface area contributed by atoms with Gasteiger partial charge in [-0.25, -0.2) is 0 Å². The van der Waals surface area contributed by atoms with Crippen LogP contribution in [-0.2, 0) is 0 Å². The van der Waals surface area contributed by atoms with E-state index in [-0.39, 0.29) is 5.54 Å². The predicted molar refractivity (Wildman–Crippen MR) is 66.0 cm³/mol. The molecule has 1 aromatic carbocycles. The minimum atomic E-state index is 0.211. The first kappa shape index (κ1) is 10.3. The van der Waals surface area contributed by atoms with E-state index in [2.05, 4.69) is 31.3 Å². The Morgan fingerprint density at radius 2 is 2.00 bits per heavy atom. The van der Waals surface area contributed by atoms with E-state index in [0.717, 1.165) is 17.2 Å². The average Bonchev–Trinajstić information content (AvgIpc) is 2.93. The Morgan fingerprint density at radius 1 is 1.33 bits per heavy atom. The molecule has 1 aliphatic carbocycles. The van der Waals surface area contributed by atoms with E-state index in [9.17, 15) is 0 Å². The van der Waals surface area contributed by atoms with Crippen molar-refractivity contribution in [3.8, 4) is 0 Å². The van der Waals surface area contributed by atoms with Gasteiger partial charge in [-0.3, -0.25) is 0 Å². The van der Waals surface area contributed by atoms with Crippen molar-refractivity contribution in [2.45, 2.75) is 39.2 Å². The topological polar surface area (TPSA) is 38.0 Å². The third kappa shape index (κ3) is 2.25. The molecule has 0 heterocycles. The van der Waals surface area contributed by atoms with Crippen LogP contribution >= 0.6 is 0 Å². The second-order valence-corrected chi connectivity index (χ2v) is 5.19. The Hall–Kier alpha value is -1.18. The zero-order valence-electron chi connectivity index (χ0n) is 9.80. The van der Waals surface area contributed by atoms with Gasteiger partial charge in [-0.15, -0.1) is 0 Å². The zero-order chi connectivity index (χ0) is 11.1. The van der Waals surface area contributed by atoms with Gasteiger partial charge in [0.05, 0.1) is 0 Å². The fourth-order valence-corrected chi connectivity index (χ4v) is 2.03. The Morgan fingerprint density at radius 3 is 2.53 bits per heavy atom. The number of aryl methyl sites for hydroxylation is 1. The molecule has 3 N–H and O–H groups in total. The van der Waals surface area contributed by atoms with Crippen LogP contribution in [0.15, 0.2) is 18.2 Å². The van der Waals surface area contributed by atoms with E-state index in [0.29, 0.717) is 0 Å². The largest absolute Gasteiger partial charge is 0.399 e. The quantitative estimate of drug-likeness (QED) is 0.742. The molecule has 2 rings (SSSR count). The van der Waals surface area contributed by atoms with Crippen molar-refractivity contribution >= 4 is 11.4 Å². The molecule has 82 valence electrons. The lowest BCUT2D eigenvalue weighted by atomic mass is 9.98. The minimum absolute atomic E-state index is 0.211. The fourth-order valence-electron chi connectivity index (χ4n) is 2.03. The highest BCUT2D eigenvalue weighted by Gasteiger charge is 2.37. The van der Waals surface area contributed by atoms with Gasteiger partial charge in [0.25, 0.3) is 0 Å². The maximum absolute atomic E-state index is 5.80. The molecule has 0 bridgehead atoms. The SMILES string of the molecule is Cc1cc(NC(C)(C)C2CC2)ccc1N. The van der Waals surface area contributed by atoms with Crippen molar-refractivity contribution in [2.24, 2.45) is 5.92 Å². The minimum Gasteiger partial charge on any atom is -0.399 e. The molecule has 0 unspecified atom stereocenters. The Bertz CT molecular complexity index is 365. The second kappa shape index (κ2) is 3.44. The van der Waals surface area contributed by atoms with Crippen LogP contribution in [0, 0.1) is 12.8 Å². The number of hydrogen-bond donors (Lipinski definition) is 2. The van der Waals surface area contributed by atoms with Crippen LogP contribution in [0.3, 0.4) is 0 Å². The summed E-state index contributed by atoms with van der Waals surface area (Å²) in [5.41, 5.74) is 9.20. The Kier molecular flexibility index (Phi) is 2.37. The molecule has 1 aromatic rings. The standard InChI is InChI=1S/C13H20N2/c1-9-8-11(6-7-12(9)14)15-13(2,3)10-4-5-10/h6-8,10,15H,4-5,14H2,1-3H3. The number of nitrogen functional groups attached to an aromatic ring is 1. The number of benzene rings is 1. The van der Waals surface area contributed by atoms with Crippen molar-refractivity contribution < 1.29 is 0 Å². The van der Waals surface area contributed by atoms with Crippen molar-refractivity contribution in [3.05, 3.63) is 23.8 Å². The molecule has 1 saturated carbocycles. The number of nitrogens with two attached hydrogens (primary N) is 1. The number of anilines is 2. The van der Waals surface area contributed by atoms with Crippen LogP contribution in [0.4, 0.5) is 11.4 Å². The molecule has 0 aliphatic heterocycles. The van der Waals surface area contributed by atoms with E-state index in [1.54, 1.807) is 0 Å². The second-order valence-electron chi connectivity index (χ2n) is 5.19. The highest BCUT2D eigenvalue weighted by atomic mass is 15.0. The first-order valence-electron chi connectivity index (χ1n) is 5.63. The molecule has 15 heavy (non-hydrogen) atoms. The van der Waals surface area contributed by atoms with Gasteiger partial charge in [0.1, 0.15) is 0 Å². The van der Waals surface area contributed by atoms with Crippen LogP contribution in [0.2, 0.25) is 0 Å². The summed E-state index contributed by atoms with van der Waals surface area (Å²) in [5.74, 6) is 0.829. The van der Waals surface area contributed by atoms with Crippen molar-refractivity contribution in [2.75, 3.05) is 11.1 Å². The lowest BCUT2D eigenvalue weighted by Gasteiger charge is -2.27. The number of hydrogen-bond acceptors (Lipinski definition) is 2. The zero-order valence-corrected chi connectivity index (χ0v) is 9.80. The lowest BCUT2D eigenvalue weighted by Crippen LogP contribution is -2.33. The molecule has 0 aromatic heterocycles. The lowest BCUT2D eigenvalue weighted by molar-refractivity contribution is 0.494. The highest BCUT2D eigenvalue weighted by Crippen LogP contribution is 2.41. The molecule has 2 nitrogen and oxygen atoms in total. The normalized spacial score (nSPS) is 16.5. The third-order valence-electron chi connectivity index (χ3n) is 3.33. The van der Waals surface area contributed by atoms with Gasteiger partial charge < -0.3 is 11.1 Å². The summed E-state index contributed by atoms with van der Waals surface area (Å²) in [6, 6.07) is 6.16. The van der Waals surface area contributed by atoms with Gasteiger partial charge in [-0.2, -0.15) is 0 Å². The van der Waals surface area contributed by atoms with Crippen molar-refractivity contribution in [1.29, 1.82) is 0 Å².